The van der Waals surface area contributed by atoms with Gasteiger partial charge in [0.25, 0.3) is 5.91 Å². The van der Waals surface area contributed by atoms with Crippen LogP contribution in [0.2, 0.25) is 0 Å². The number of nitrogens with zero attached hydrogens (tertiary/aromatic N) is 4. The van der Waals surface area contributed by atoms with Gasteiger partial charge in [-0.1, -0.05) is 0 Å². The van der Waals surface area contributed by atoms with Gasteiger partial charge in [0.05, 0.1) is 17.3 Å². The number of alkyl halides is 3. The summed E-state index contributed by atoms with van der Waals surface area (Å²) in [6.45, 7) is 4.12. The lowest BCUT2D eigenvalue weighted by Gasteiger charge is -2.31. The van der Waals surface area contributed by atoms with Crippen LogP contribution in [0.25, 0.3) is 0 Å². The zero-order chi connectivity index (χ0) is 20.1. The van der Waals surface area contributed by atoms with Gasteiger partial charge in [0.1, 0.15) is 5.82 Å². The van der Waals surface area contributed by atoms with Crippen LogP contribution in [0.3, 0.4) is 0 Å². The number of hydrogen-bond donors (Lipinski definition) is 1. The number of pyridine rings is 1. The van der Waals surface area contributed by atoms with Gasteiger partial charge in [-0.15, -0.1) is 0 Å². The molecule has 0 radical (unpaired) electrons. The Morgan fingerprint density at radius 1 is 1.32 bits per heavy atom. The van der Waals surface area contributed by atoms with Gasteiger partial charge >= 0.3 is 6.18 Å². The van der Waals surface area contributed by atoms with Crippen molar-refractivity contribution >= 4 is 11.7 Å². The molecule has 2 aliphatic rings. The van der Waals surface area contributed by atoms with Gasteiger partial charge in [-0.05, 0) is 45.2 Å². The number of nitrogens with one attached hydrogen (secondary N) is 1. The van der Waals surface area contributed by atoms with E-state index in [4.69, 9.17) is 0 Å². The van der Waals surface area contributed by atoms with Gasteiger partial charge in [-0.25, -0.2) is 4.68 Å². The zero-order valence-corrected chi connectivity index (χ0v) is 15.7. The van der Waals surface area contributed by atoms with E-state index in [2.05, 4.69) is 15.4 Å². The molecule has 0 spiro atoms. The first-order valence-electron chi connectivity index (χ1n) is 9.40. The average molecular weight is 393 g/mol. The summed E-state index contributed by atoms with van der Waals surface area (Å²) in [7, 11) is 0. The Morgan fingerprint density at radius 2 is 2.11 bits per heavy atom. The Bertz CT molecular complexity index is 877. The predicted octanol–water partition coefficient (Wildman–Crippen LogP) is 3.87. The van der Waals surface area contributed by atoms with Crippen LogP contribution in [0.4, 0.5) is 19.0 Å². The van der Waals surface area contributed by atoms with Gasteiger partial charge in [-0.2, -0.15) is 18.3 Å². The highest BCUT2D eigenvalue weighted by Gasteiger charge is 2.46. The maximum absolute atomic E-state index is 13.5. The maximum atomic E-state index is 13.5. The molecule has 1 fully saturated rings. The quantitative estimate of drug-likeness (QED) is 0.841. The number of anilines is 1. The first-order chi connectivity index (χ1) is 13.2. The number of carbonyl (C=O) groups is 1. The molecule has 3 atom stereocenters. The standard InChI is InChI=1S/C19H22F3N5O/c1-11-5-6-13(10-23-11)18(28)26-7-3-4-15(26)14-9-17-24-12(2)8-16(19(20,21)22)27(17)25-14/h5-6,9-10,12,15-16,24H,3-4,7-8H2,1-2H3/t12-,15+,16-/m1/s1. The first-order valence-corrected chi connectivity index (χ1v) is 9.40. The number of carbonyl (C=O) groups excluding carboxylic acids is 1. The molecule has 4 rings (SSSR count). The van der Waals surface area contributed by atoms with E-state index in [9.17, 15) is 18.0 Å². The van der Waals surface area contributed by atoms with Crippen molar-refractivity contribution in [1.29, 1.82) is 0 Å². The largest absolute Gasteiger partial charge is 0.410 e. The summed E-state index contributed by atoms with van der Waals surface area (Å²) in [5, 5.41) is 7.35. The van der Waals surface area contributed by atoms with Crippen LogP contribution in [0, 0.1) is 6.92 Å². The Labute approximate surface area is 160 Å². The summed E-state index contributed by atoms with van der Waals surface area (Å²) in [4.78, 5) is 18.8. The Morgan fingerprint density at radius 3 is 2.79 bits per heavy atom. The molecule has 0 unspecified atom stereocenters. The zero-order valence-electron chi connectivity index (χ0n) is 15.7. The van der Waals surface area contributed by atoms with Crippen LogP contribution in [0.15, 0.2) is 24.4 Å². The molecule has 4 heterocycles. The molecule has 0 aromatic carbocycles. The van der Waals surface area contributed by atoms with Crippen LogP contribution >= 0.6 is 0 Å². The lowest BCUT2D eigenvalue weighted by Crippen LogP contribution is -2.38. The molecule has 0 bridgehead atoms. The van der Waals surface area contributed by atoms with Crippen molar-refractivity contribution < 1.29 is 18.0 Å². The van der Waals surface area contributed by atoms with E-state index in [-0.39, 0.29) is 24.4 Å². The second-order valence-corrected chi connectivity index (χ2v) is 7.58. The van der Waals surface area contributed by atoms with Crippen molar-refractivity contribution in [3.8, 4) is 0 Å². The van der Waals surface area contributed by atoms with Crippen LogP contribution in [0.1, 0.15) is 60.0 Å². The number of fused-ring (bicyclic) bond motifs is 1. The third kappa shape index (κ3) is 3.33. The molecular weight excluding hydrogens is 371 g/mol. The molecule has 6 nitrogen and oxygen atoms in total. The summed E-state index contributed by atoms with van der Waals surface area (Å²) in [5.74, 6) is 0.182. The Balaban J connectivity index is 1.64. The van der Waals surface area contributed by atoms with E-state index in [1.54, 1.807) is 30.0 Å². The van der Waals surface area contributed by atoms with Crippen molar-refractivity contribution in [3.63, 3.8) is 0 Å². The van der Waals surface area contributed by atoms with E-state index >= 15 is 0 Å². The fourth-order valence-corrected chi connectivity index (χ4v) is 4.02. The van der Waals surface area contributed by atoms with Crippen molar-refractivity contribution in [3.05, 3.63) is 41.3 Å². The number of likely N-dealkylation sites (tertiary alicyclic amines) is 1. The van der Waals surface area contributed by atoms with Gasteiger partial charge in [-0.3, -0.25) is 9.78 Å². The Kier molecular flexibility index (Phi) is 4.55. The fraction of sp³-hybridized carbons (Fsp3) is 0.526. The molecule has 2 aliphatic heterocycles. The van der Waals surface area contributed by atoms with E-state index in [1.807, 2.05) is 6.92 Å². The Hall–Kier alpha value is -2.58. The normalized spacial score (nSPS) is 24.8. The number of amides is 1. The van der Waals surface area contributed by atoms with Gasteiger partial charge in [0.15, 0.2) is 6.04 Å². The lowest BCUT2D eigenvalue weighted by molar-refractivity contribution is -0.173. The highest BCUT2D eigenvalue weighted by molar-refractivity contribution is 5.94. The molecule has 0 saturated carbocycles. The van der Waals surface area contributed by atoms with E-state index in [0.717, 1.165) is 16.8 Å². The minimum absolute atomic E-state index is 0.0695. The third-order valence-electron chi connectivity index (χ3n) is 5.41. The van der Waals surface area contributed by atoms with E-state index < -0.39 is 12.2 Å². The minimum Gasteiger partial charge on any atom is -0.368 e. The summed E-state index contributed by atoms with van der Waals surface area (Å²) in [6.07, 6.45) is -1.45. The van der Waals surface area contributed by atoms with Crippen molar-refractivity contribution in [2.75, 3.05) is 11.9 Å². The van der Waals surface area contributed by atoms with Crippen LogP contribution in [-0.4, -0.2) is 44.3 Å². The average Bonchev–Trinajstić information content (AvgIpc) is 3.26. The summed E-state index contributed by atoms with van der Waals surface area (Å²) in [6, 6.07) is 2.85. The van der Waals surface area contributed by atoms with E-state index in [0.29, 0.717) is 30.0 Å². The molecule has 1 amide bonds. The number of halogens is 3. The minimum atomic E-state index is -4.37. The van der Waals surface area contributed by atoms with Crippen LogP contribution in [-0.2, 0) is 0 Å². The topological polar surface area (TPSA) is 63.1 Å². The number of aryl methyl sites for hydroxylation is 1. The second kappa shape index (κ2) is 6.79. The molecule has 1 N–H and O–H groups in total. The highest BCUT2D eigenvalue weighted by atomic mass is 19.4. The van der Waals surface area contributed by atoms with Crippen LogP contribution in [0.5, 0.6) is 0 Å². The molecule has 9 heteroatoms. The predicted molar refractivity (Wildman–Crippen MR) is 97.0 cm³/mol. The lowest BCUT2D eigenvalue weighted by atomic mass is 10.1. The van der Waals surface area contributed by atoms with Crippen molar-refractivity contribution in [2.45, 2.75) is 57.4 Å². The first kappa shape index (κ1) is 18.8. The fourth-order valence-electron chi connectivity index (χ4n) is 4.02. The summed E-state index contributed by atoms with van der Waals surface area (Å²) in [5.41, 5.74) is 1.79. The molecule has 2 aromatic heterocycles. The van der Waals surface area contributed by atoms with Gasteiger partial charge in [0.2, 0.25) is 0 Å². The molecule has 1 saturated heterocycles. The second-order valence-electron chi connectivity index (χ2n) is 7.58. The summed E-state index contributed by atoms with van der Waals surface area (Å²) < 4.78 is 41.5. The summed E-state index contributed by atoms with van der Waals surface area (Å²) >= 11 is 0. The maximum Gasteiger partial charge on any atom is 0.410 e. The number of rotatable bonds is 2. The van der Waals surface area contributed by atoms with Crippen molar-refractivity contribution in [2.24, 2.45) is 0 Å². The van der Waals surface area contributed by atoms with E-state index in [1.165, 1.54) is 6.20 Å². The van der Waals surface area contributed by atoms with Gasteiger partial charge < -0.3 is 10.2 Å². The molecular formula is C19H22F3N5O. The smallest absolute Gasteiger partial charge is 0.368 e. The molecule has 2 aromatic rings. The molecule has 0 aliphatic carbocycles. The SMILES string of the molecule is Cc1ccc(C(=O)N2CCC[C@H]2c2cc3n(n2)[C@@H](C(F)(F)F)C[C@@H](C)N3)cn1. The monoisotopic (exact) mass is 393 g/mol. The highest BCUT2D eigenvalue weighted by Crippen LogP contribution is 2.41. The molecule has 150 valence electrons. The number of hydrogen-bond acceptors (Lipinski definition) is 4. The number of aromatic nitrogens is 3. The molecule has 28 heavy (non-hydrogen) atoms. The van der Waals surface area contributed by atoms with Crippen molar-refractivity contribution in [1.82, 2.24) is 19.7 Å². The van der Waals surface area contributed by atoms with Gasteiger partial charge in [0, 0.05) is 30.5 Å². The third-order valence-corrected chi connectivity index (χ3v) is 5.41. The van der Waals surface area contributed by atoms with Crippen LogP contribution < -0.4 is 5.32 Å².